The van der Waals surface area contributed by atoms with E-state index in [2.05, 4.69) is 38.4 Å². The summed E-state index contributed by atoms with van der Waals surface area (Å²) in [6.45, 7) is 3.97. The summed E-state index contributed by atoms with van der Waals surface area (Å²) in [5, 5.41) is 15.8. The van der Waals surface area contributed by atoms with Crippen molar-refractivity contribution in [1.29, 1.82) is 0 Å². The first-order valence-electron chi connectivity index (χ1n) is 5.22. The Balaban J connectivity index is 2.44. The van der Waals surface area contributed by atoms with Crippen molar-refractivity contribution in [2.24, 2.45) is 0 Å². The molecule has 0 aliphatic heterocycles. The maximum Gasteiger partial charge on any atom is 0.0651 e. The summed E-state index contributed by atoms with van der Waals surface area (Å²) in [5.41, 5.74) is 4.42. The quantitative estimate of drug-likeness (QED) is 0.885. The van der Waals surface area contributed by atoms with E-state index in [0.29, 0.717) is 0 Å². The van der Waals surface area contributed by atoms with Crippen LogP contribution < -0.4 is 5.32 Å². The van der Waals surface area contributed by atoms with Crippen molar-refractivity contribution in [3.8, 4) is 0 Å². The molecule has 0 radical (unpaired) electrons. The topological polar surface area (TPSA) is 37.8 Å². The zero-order chi connectivity index (χ0) is 11.5. The Morgan fingerprint density at radius 3 is 2.75 bits per heavy atom. The van der Waals surface area contributed by atoms with E-state index < -0.39 is 0 Å². The first-order valence-corrected chi connectivity index (χ1v) is 6.17. The van der Waals surface area contributed by atoms with E-state index in [9.17, 15) is 0 Å². The van der Waals surface area contributed by atoms with Gasteiger partial charge in [-0.1, -0.05) is 0 Å². The summed E-state index contributed by atoms with van der Waals surface area (Å²) in [5.74, 6) is 0. The number of hydrogen-bond acceptors (Lipinski definition) is 4. The van der Waals surface area contributed by atoms with Crippen LogP contribution in [-0.4, -0.2) is 17.2 Å². The van der Waals surface area contributed by atoms with Gasteiger partial charge in [0.25, 0.3) is 0 Å². The van der Waals surface area contributed by atoms with E-state index in [4.69, 9.17) is 0 Å². The summed E-state index contributed by atoms with van der Waals surface area (Å²) in [6.07, 6.45) is 0. The van der Waals surface area contributed by atoms with Crippen LogP contribution in [0.5, 0.6) is 0 Å². The lowest BCUT2D eigenvalue weighted by Gasteiger charge is -2.17. The van der Waals surface area contributed by atoms with Crippen LogP contribution in [0.4, 0.5) is 0 Å². The lowest BCUT2D eigenvalue weighted by Crippen LogP contribution is -2.19. The maximum atomic E-state index is 4.17. The Morgan fingerprint density at radius 2 is 2.12 bits per heavy atom. The van der Waals surface area contributed by atoms with E-state index >= 15 is 0 Å². The molecule has 0 amide bonds. The molecule has 1 unspecified atom stereocenters. The van der Waals surface area contributed by atoms with E-state index in [1.54, 1.807) is 11.3 Å². The maximum absolute atomic E-state index is 4.17. The van der Waals surface area contributed by atoms with Crippen LogP contribution in [-0.2, 0) is 0 Å². The van der Waals surface area contributed by atoms with Crippen LogP contribution in [0.2, 0.25) is 0 Å². The Hall–Kier alpha value is -1.26. The molecule has 0 saturated heterocycles. The van der Waals surface area contributed by atoms with Crippen molar-refractivity contribution in [2.75, 3.05) is 7.05 Å². The highest BCUT2D eigenvalue weighted by Crippen LogP contribution is 2.25. The second-order valence-corrected chi connectivity index (χ2v) is 4.58. The largest absolute Gasteiger partial charge is 0.309 e. The van der Waals surface area contributed by atoms with Gasteiger partial charge in [-0.3, -0.25) is 0 Å². The Morgan fingerprint density at radius 1 is 1.31 bits per heavy atom. The van der Waals surface area contributed by atoms with Gasteiger partial charge >= 0.3 is 0 Å². The fourth-order valence-corrected chi connectivity index (χ4v) is 2.49. The molecule has 0 fully saturated rings. The van der Waals surface area contributed by atoms with Crippen LogP contribution in [0.25, 0.3) is 0 Å². The smallest absolute Gasteiger partial charge is 0.0651 e. The fraction of sp³-hybridized carbons (Fsp3) is 0.333. The summed E-state index contributed by atoms with van der Waals surface area (Å²) in [6, 6.07) is 4.45. The van der Waals surface area contributed by atoms with Crippen LogP contribution in [0, 0.1) is 13.8 Å². The molecule has 0 aromatic carbocycles. The molecule has 84 valence electrons. The van der Waals surface area contributed by atoms with Crippen LogP contribution in [0.15, 0.2) is 22.9 Å². The lowest BCUT2D eigenvalue weighted by atomic mass is 10.0. The minimum Gasteiger partial charge on any atom is -0.309 e. The van der Waals surface area contributed by atoms with E-state index in [1.807, 2.05) is 20.9 Å². The molecule has 0 aliphatic rings. The summed E-state index contributed by atoms with van der Waals surface area (Å²) in [7, 11) is 1.97. The van der Waals surface area contributed by atoms with Gasteiger partial charge in [0.05, 0.1) is 17.4 Å². The van der Waals surface area contributed by atoms with Crippen LogP contribution >= 0.6 is 11.3 Å². The van der Waals surface area contributed by atoms with Crippen molar-refractivity contribution < 1.29 is 0 Å². The van der Waals surface area contributed by atoms with Crippen LogP contribution in [0.3, 0.4) is 0 Å². The van der Waals surface area contributed by atoms with Gasteiger partial charge in [0.1, 0.15) is 0 Å². The van der Waals surface area contributed by atoms with Gasteiger partial charge in [-0.2, -0.15) is 21.5 Å². The summed E-state index contributed by atoms with van der Waals surface area (Å²) in [4.78, 5) is 0. The fourth-order valence-electron chi connectivity index (χ4n) is 1.80. The van der Waals surface area contributed by atoms with E-state index in [-0.39, 0.29) is 6.04 Å². The molecule has 0 spiro atoms. The average molecular weight is 233 g/mol. The monoisotopic (exact) mass is 233 g/mol. The second-order valence-electron chi connectivity index (χ2n) is 3.80. The van der Waals surface area contributed by atoms with Gasteiger partial charge in [0, 0.05) is 0 Å². The van der Waals surface area contributed by atoms with Crippen molar-refractivity contribution >= 4 is 11.3 Å². The molecule has 3 nitrogen and oxygen atoms in total. The van der Waals surface area contributed by atoms with Gasteiger partial charge in [0.2, 0.25) is 0 Å². The third kappa shape index (κ3) is 2.13. The number of aromatic nitrogens is 2. The third-order valence-electron chi connectivity index (χ3n) is 2.62. The van der Waals surface area contributed by atoms with Gasteiger partial charge in [-0.05, 0) is 54.9 Å². The van der Waals surface area contributed by atoms with Crippen molar-refractivity contribution in [1.82, 2.24) is 15.5 Å². The Bertz CT molecular complexity index is 465. The molecule has 4 heteroatoms. The first kappa shape index (κ1) is 11.2. The standard InChI is InChI=1S/C12H15N3S/c1-8-6-11(9(2)15-14-8)12(13-3)10-4-5-16-7-10/h4-7,12-13H,1-3H3. The normalized spacial score (nSPS) is 12.7. The first-order chi connectivity index (χ1) is 7.72. The predicted octanol–water partition coefficient (Wildman–Crippen LogP) is 2.46. The molecule has 2 aromatic heterocycles. The van der Waals surface area contributed by atoms with Gasteiger partial charge in [0.15, 0.2) is 0 Å². The lowest BCUT2D eigenvalue weighted by molar-refractivity contribution is 0.677. The highest BCUT2D eigenvalue weighted by molar-refractivity contribution is 7.08. The van der Waals surface area contributed by atoms with Crippen LogP contribution in [0.1, 0.15) is 28.6 Å². The number of rotatable bonds is 3. The summed E-state index contributed by atoms with van der Waals surface area (Å²) >= 11 is 1.71. The molecule has 0 saturated carbocycles. The number of thiophene rings is 1. The zero-order valence-corrected chi connectivity index (χ0v) is 10.5. The molecule has 16 heavy (non-hydrogen) atoms. The Labute approximate surface area is 99.5 Å². The highest BCUT2D eigenvalue weighted by atomic mass is 32.1. The molecule has 1 N–H and O–H groups in total. The van der Waals surface area contributed by atoms with Gasteiger partial charge < -0.3 is 5.32 Å². The molecule has 1 atom stereocenters. The molecule has 2 rings (SSSR count). The zero-order valence-electron chi connectivity index (χ0n) is 9.69. The Kier molecular flexibility index (Phi) is 3.31. The summed E-state index contributed by atoms with van der Waals surface area (Å²) < 4.78 is 0. The number of nitrogens with zero attached hydrogens (tertiary/aromatic N) is 2. The minimum absolute atomic E-state index is 0.209. The van der Waals surface area contributed by atoms with Crippen molar-refractivity contribution in [3.05, 3.63) is 45.4 Å². The SMILES string of the molecule is CNC(c1ccsc1)c1cc(C)nnc1C. The van der Waals surface area contributed by atoms with Crippen molar-refractivity contribution in [2.45, 2.75) is 19.9 Å². The van der Waals surface area contributed by atoms with Crippen molar-refractivity contribution in [3.63, 3.8) is 0 Å². The molecule has 0 bridgehead atoms. The minimum atomic E-state index is 0.209. The molecule has 2 heterocycles. The predicted molar refractivity (Wildman–Crippen MR) is 66.7 cm³/mol. The number of hydrogen-bond donors (Lipinski definition) is 1. The highest BCUT2D eigenvalue weighted by Gasteiger charge is 2.15. The third-order valence-corrected chi connectivity index (χ3v) is 3.32. The van der Waals surface area contributed by atoms with Gasteiger partial charge in [-0.25, -0.2) is 0 Å². The van der Waals surface area contributed by atoms with Gasteiger partial charge in [-0.15, -0.1) is 0 Å². The number of aryl methyl sites for hydroxylation is 2. The second kappa shape index (κ2) is 4.72. The van der Waals surface area contributed by atoms with E-state index in [1.165, 1.54) is 11.1 Å². The molecular formula is C12H15N3S. The number of nitrogens with one attached hydrogen (secondary N) is 1. The molecular weight excluding hydrogens is 218 g/mol. The van der Waals surface area contributed by atoms with E-state index in [0.717, 1.165) is 11.4 Å². The average Bonchev–Trinajstić information content (AvgIpc) is 2.78. The molecule has 0 aliphatic carbocycles. The molecule has 2 aromatic rings.